The Hall–Kier alpha value is -3.87. The van der Waals surface area contributed by atoms with Gasteiger partial charge in [0.1, 0.15) is 23.8 Å². The molecule has 0 bridgehead atoms. The van der Waals surface area contributed by atoms with E-state index in [0.717, 1.165) is 43.8 Å². The number of fused-ring (bicyclic) bond motifs is 2. The number of likely N-dealkylation sites (N-methyl/N-ethyl adjacent to an activating group) is 1. The summed E-state index contributed by atoms with van der Waals surface area (Å²) in [5.74, 6) is -0.414. The summed E-state index contributed by atoms with van der Waals surface area (Å²) in [6.07, 6.45) is 5.23. The lowest BCUT2D eigenvalue weighted by atomic mass is 9.92. The zero-order chi connectivity index (χ0) is 28.1. The highest BCUT2D eigenvalue weighted by Crippen LogP contribution is 2.44. The van der Waals surface area contributed by atoms with Crippen molar-refractivity contribution in [1.82, 2.24) is 25.2 Å². The molecule has 2 fully saturated rings. The highest BCUT2D eigenvalue weighted by atomic mass is 32.1. The van der Waals surface area contributed by atoms with Crippen molar-refractivity contribution in [2.75, 3.05) is 57.0 Å². The minimum Gasteiger partial charge on any atom is -0.472 e. The fourth-order valence-corrected chi connectivity index (χ4v) is 6.60. The number of thiazole rings is 1. The van der Waals surface area contributed by atoms with Crippen molar-refractivity contribution >= 4 is 43.4 Å². The van der Waals surface area contributed by atoms with Gasteiger partial charge in [0.05, 0.1) is 22.7 Å². The SMILES string of the molecule is CN1CCCC1COc1nc(N2CCNCC2)c2cc(-c3ccoc3)c(-c3ccc(F)c4sc(N)nc34)c(F)c2n1. The van der Waals surface area contributed by atoms with Crippen LogP contribution in [0.4, 0.5) is 19.7 Å². The Morgan fingerprint density at radius 2 is 1.95 bits per heavy atom. The Kier molecular flexibility index (Phi) is 6.68. The number of rotatable bonds is 6. The van der Waals surface area contributed by atoms with E-state index in [4.69, 9.17) is 19.9 Å². The van der Waals surface area contributed by atoms with Gasteiger partial charge in [-0.1, -0.05) is 11.3 Å². The van der Waals surface area contributed by atoms with E-state index in [2.05, 4.69) is 32.1 Å². The number of halogens is 2. The van der Waals surface area contributed by atoms with E-state index in [1.165, 1.54) is 18.4 Å². The molecule has 1 atom stereocenters. The van der Waals surface area contributed by atoms with Crippen LogP contribution in [-0.4, -0.2) is 72.3 Å². The van der Waals surface area contributed by atoms with Crippen molar-refractivity contribution in [3.05, 3.63) is 48.4 Å². The Balaban J connectivity index is 1.46. The van der Waals surface area contributed by atoms with Crippen molar-refractivity contribution in [1.29, 1.82) is 0 Å². The molecule has 0 aliphatic carbocycles. The fourth-order valence-electron chi connectivity index (χ4n) is 5.84. The molecule has 5 heterocycles. The van der Waals surface area contributed by atoms with E-state index in [1.54, 1.807) is 12.3 Å². The Morgan fingerprint density at radius 3 is 2.71 bits per heavy atom. The first-order chi connectivity index (χ1) is 20.0. The van der Waals surface area contributed by atoms with E-state index >= 15 is 4.39 Å². The molecule has 0 radical (unpaired) electrons. The van der Waals surface area contributed by atoms with Gasteiger partial charge < -0.3 is 30.0 Å². The zero-order valence-corrected chi connectivity index (χ0v) is 23.3. The second-order valence-electron chi connectivity index (χ2n) is 10.5. The second-order valence-corrected chi connectivity index (χ2v) is 11.5. The number of nitrogen functional groups attached to an aromatic ring is 1. The lowest BCUT2D eigenvalue weighted by Crippen LogP contribution is -2.44. The summed E-state index contributed by atoms with van der Waals surface area (Å²) in [6.45, 7) is 4.41. The molecule has 0 amide bonds. The summed E-state index contributed by atoms with van der Waals surface area (Å²) in [5.41, 5.74) is 8.27. The van der Waals surface area contributed by atoms with E-state index in [0.29, 0.717) is 53.1 Å². The smallest absolute Gasteiger partial charge is 0.319 e. The molecule has 12 heteroatoms. The van der Waals surface area contributed by atoms with Crippen molar-refractivity contribution in [3.8, 4) is 28.3 Å². The van der Waals surface area contributed by atoms with Gasteiger partial charge >= 0.3 is 6.01 Å². The maximum atomic E-state index is 17.0. The quantitative estimate of drug-likeness (QED) is 0.291. The molecular formula is C29H29F2N7O2S. The number of ether oxygens (including phenoxy) is 1. The van der Waals surface area contributed by atoms with Crippen LogP contribution in [0.15, 0.2) is 41.2 Å². The molecule has 5 aromatic rings. The van der Waals surface area contributed by atoms with Crippen molar-refractivity contribution < 1.29 is 17.9 Å². The van der Waals surface area contributed by atoms with Gasteiger partial charge in [-0.3, -0.25) is 0 Å². The van der Waals surface area contributed by atoms with Crippen molar-refractivity contribution in [2.45, 2.75) is 18.9 Å². The van der Waals surface area contributed by atoms with E-state index < -0.39 is 11.6 Å². The molecular weight excluding hydrogens is 548 g/mol. The molecule has 212 valence electrons. The normalized spacial score (nSPS) is 18.1. The number of nitrogens with one attached hydrogen (secondary N) is 1. The van der Waals surface area contributed by atoms with E-state index in [-0.39, 0.29) is 33.0 Å². The minimum absolute atomic E-state index is 0.131. The average Bonchev–Trinajstić information content (AvgIpc) is 3.75. The van der Waals surface area contributed by atoms with E-state index in [9.17, 15) is 4.39 Å². The Morgan fingerprint density at radius 1 is 1.10 bits per heavy atom. The molecule has 3 aromatic heterocycles. The lowest BCUT2D eigenvalue weighted by molar-refractivity contribution is 0.188. The first-order valence-electron chi connectivity index (χ1n) is 13.7. The number of hydrogen-bond acceptors (Lipinski definition) is 10. The third kappa shape index (κ3) is 4.65. The van der Waals surface area contributed by atoms with Crippen LogP contribution >= 0.6 is 11.3 Å². The number of hydrogen-bond donors (Lipinski definition) is 2. The maximum Gasteiger partial charge on any atom is 0.319 e. The highest BCUT2D eigenvalue weighted by molar-refractivity contribution is 7.22. The minimum atomic E-state index is -0.570. The molecule has 3 N–H and O–H groups in total. The van der Waals surface area contributed by atoms with Gasteiger partial charge in [0.15, 0.2) is 10.9 Å². The van der Waals surface area contributed by atoms with Gasteiger partial charge in [0.25, 0.3) is 0 Å². The number of nitrogens with zero attached hydrogens (tertiary/aromatic N) is 5. The third-order valence-electron chi connectivity index (χ3n) is 8.00. The molecule has 0 spiro atoms. The van der Waals surface area contributed by atoms with Gasteiger partial charge in [0, 0.05) is 54.3 Å². The number of nitrogens with two attached hydrogens (primary N) is 1. The summed E-state index contributed by atoms with van der Waals surface area (Å²) in [4.78, 5) is 18.2. The van der Waals surface area contributed by atoms with Crippen LogP contribution in [0.3, 0.4) is 0 Å². The van der Waals surface area contributed by atoms with E-state index in [1.807, 2.05) is 6.07 Å². The maximum absolute atomic E-state index is 17.0. The standard InChI is InChI=1S/C29H29F2N7O2S/c1-37-9-2-3-17(37)15-40-29-35-24-20(27(36-29)38-10-7-33-8-11-38)13-19(16-6-12-39-14-16)22(23(24)31)18-4-5-21(30)26-25(18)34-28(32)41-26/h4-6,12-14,17,33H,2-3,7-11,15H2,1H3,(H2,32,34). The predicted octanol–water partition coefficient (Wildman–Crippen LogP) is 4.91. The molecule has 9 nitrogen and oxygen atoms in total. The first-order valence-corrected chi connectivity index (χ1v) is 14.5. The molecule has 2 aliphatic rings. The van der Waals surface area contributed by atoms with Crippen LogP contribution in [0.5, 0.6) is 6.01 Å². The summed E-state index contributed by atoms with van der Waals surface area (Å²) < 4.78 is 43.5. The van der Waals surface area contributed by atoms with Crippen LogP contribution in [0, 0.1) is 11.6 Å². The third-order valence-corrected chi connectivity index (χ3v) is 8.89. The van der Waals surface area contributed by atoms with Crippen LogP contribution in [-0.2, 0) is 0 Å². The predicted molar refractivity (Wildman–Crippen MR) is 156 cm³/mol. The number of anilines is 2. The number of furan rings is 1. The molecule has 2 aromatic carbocycles. The highest BCUT2D eigenvalue weighted by Gasteiger charge is 2.28. The van der Waals surface area contributed by atoms with Crippen LogP contribution in [0.2, 0.25) is 0 Å². The number of benzene rings is 2. The summed E-state index contributed by atoms with van der Waals surface area (Å²) in [6, 6.07) is 6.89. The molecule has 2 aliphatic heterocycles. The largest absolute Gasteiger partial charge is 0.472 e. The summed E-state index contributed by atoms with van der Waals surface area (Å²) >= 11 is 1.03. The van der Waals surface area contributed by atoms with Crippen LogP contribution in [0.25, 0.3) is 43.4 Å². The fraction of sp³-hybridized carbons (Fsp3) is 0.345. The lowest BCUT2D eigenvalue weighted by Gasteiger charge is -2.30. The van der Waals surface area contributed by atoms with Gasteiger partial charge in [-0.25, -0.2) is 13.8 Å². The average molecular weight is 578 g/mol. The second kappa shape index (κ2) is 10.5. The molecule has 1 unspecified atom stereocenters. The number of piperazine rings is 1. The van der Waals surface area contributed by atoms with Gasteiger partial charge in [0.2, 0.25) is 0 Å². The van der Waals surface area contributed by atoms with Gasteiger partial charge in [-0.05, 0) is 56.3 Å². The van der Waals surface area contributed by atoms with Crippen molar-refractivity contribution in [3.63, 3.8) is 0 Å². The van der Waals surface area contributed by atoms with Crippen LogP contribution in [0.1, 0.15) is 12.8 Å². The van der Waals surface area contributed by atoms with Crippen molar-refractivity contribution in [2.24, 2.45) is 0 Å². The zero-order valence-electron chi connectivity index (χ0n) is 22.5. The molecule has 41 heavy (non-hydrogen) atoms. The monoisotopic (exact) mass is 577 g/mol. The van der Waals surface area contributed by atoms with Gasteiger partial charge in [-0.15, -0.1) is 0 Å². The molecule has 7 rings (SSSR count). The first kappa shape index (κ1) is 26.1. The molecule has 0 saturated carbocycles. The summed E-state index contributed by atoms with van der Waals surface area (Å²) in [5, 5.41) is 4.12. The number of aromatic nitrogens is 3. The topological polar surface area (TPSA) is 106 Å². The Labute approximate surface area is 238 Å². The summed E-state index contributed by atoms with van der Waals surface area (Å²) in [7, 11) is 2.08. The van der Waals surface area contributed by atoms with Crippen LogP contribution < -0.4 is 20.7 Å². The number of likely N-dealkylation sites (tertiary alicyclic amines) is 1. The Bertz CT molecular complexity index is 1740. The molecule has 2 saturated heterocycles. The van der Waals surface area contributed by atoms with Gasteiger partial charge in [-0.2, -0.15) is 9.97 Å².